The molecule has 10 heteroatoms. The number of aliphatic carboxylic acids is 1. The van der Waals surface area contributed by atoms with E-state index in [2.05, 4.69) is 10.6 Å². The van der Waals surface area contributed by atoms with Gasteiger partial charge < -0.3 is 20.5 Å². The molecule has 186 valence electrons. The molecule has 4 rings (SSSR count). The number of carbonyl (C=O) groups excluding carboxylic acids is 2. The highest BCUT2D eigenvalue weighted by atomic mass is 19.4. The van der Waals surface area contributed by atoms with Gasteiger partial charge in [-0.25, -0.2) is 4.79 Å². The second-order valence-corrected chi connectivity index (χ2v) is 8.85. The van der Waals surface area contributed by atoms with E-state index in [1.165, 1.54) is 0 Å². The molecule has 0 bridgehead atoms. The predicted molar refractivity (Wildman–Crippen MR) is 120 cm³/mol. The number of alkyl carbamates (subject to hydrolysis) is 1. The summed E-state index contributed by atoms with van der Waals surface area (Å²) >= 11 is 0. The Bertz CT molecular complexity index is 1070. The van der Waals surface area contributed by atoms with Gasteiger partial charge in [0.05, 0.1) is 5.92 Å². The molecular formula is C25H25F3N2O5. The highest BCUT2D eigenvalue weighted by Crippen LogP contribution is 2.44. The molecule has 0 radical (unpaired) electrons. The summed E-state index contributed by atoms with van der Waals surface area (Å²) in [6, 6.07) is 14.7. The number of carboxylic acid groups (broad SMARTS) is 1. The third kappa shape index (κ3) is 5.41. The number of alkyl halides is 3. The van der Waals surface area contributed by atoms with Crippen molar-refractivity contribution < 1.29 is 37.4 Å². The molecular weight excluding hydrogens is 465 g/mol. The van der Waals surface area contributed by atoms with E-state index in [0.29, 0.717) is 0 Å². The molecule has 0 spiro atoms. The van der Waals surface area contributed by atoms with Gasteiger partial charge in [-0.3, -0.25) is 9.59 Å². The topological polar surface area (TPSA) is 105 Å². The van der Waals surface area contributed by atoms with Gasteiger partial charge in [-0.05, 0) is 41.5 Å². The van der Waals surface area contributed by atoms with Crippen LogP contribution in [-0.2, 0) is 14.3 Å². The van der Waals surface area contributed by atoms with Crippen molar-refractivity contribution in [1.82, 2.24) is 10.6 Å². The molecule has 1 fully saturated rings. The zero-order valence-electron chi connectivity index (χ0n) is 18.7. The Hall–Kier alpha value is -3.56. The fourth-order valence-corrected chi connectivity index (χ4v) is 4.83. The van der Waals surface area contributed by atoms with Crippen LogP contribution in [0.1, 0.15) is 36.3 Å². The van der Waals surface area contributed by atoms with Crippen molar-refractivity contribution in [3.05, 3.63) is 59.7 Å². The third-order valence-electron chi connectivity index (χ3n) is 6.63. The Morgan fingerprint density at radius 2 is 1.60 bits per heavy atom. The fourth-order valence-electron chi connectivity index (χ4n) is 4.83. The number of carboxylic acids is 1. The van der Waals surface area contributed by atoms with Crippen LogP contribution in [0.3, 0.4) is 0 Å². The number of ether oxygens (including phenoxy) is 1. The van der Waals surface area contributed by atoms with Crippen LogP contribution in [0.2, 0.25) is 0 Å². The lowest BCUT2D eigenvalue weighted by Gasteiger charge is -2.22. The first kappa shape index (κ1) is 24.6. The third-order valence-corrected chi connectivity index (χ3v) is 6.63. The summed E-state index contributed by atoms with van der Waals surface area (Å²) in [5, 5.41) is 13.4. The molecule has 3 N–H and O–H groups in total. The van der Waals surface area contributed by atoms with Crippen molar-refractivity contribution in [3.8, 4) is 11.1 Å². The molecule has 2 aromatic rings. The molecule has 35 heavy (non-hydrogen) atoms. The van der Waals surface area contributed by atoms with E-state index in [0.717, 1.165) is 22.3 Å². The number of nitrogens with one attached hydrogen (secondary N) is 2. The largest absolute Gasteiger partial charge is 0.481 e. The van der Waals surface area contributed by atoms with Crippen LogP contribution in [0.5, 0.6) is 0 Å². The molecule has 3 unspecified atom stereocenters. The fraction of sp³-hybridized carbons (Fsp3) is 0.400. The van der Waals surface area contributed by atoms with E-state index >= 15 is 0 Å². The summed E-state index contributed by atoms with van der Waals surface area (Å²) in [5.74, 6) is -5.76. The minimum Gasteiger partial charge on any atom is -0.481 e. The predicted octanol–water partition coefficient (Wildman–Crippen LogP) is 4.07. The number of hydrogen-bond donors (Lipinski definition) is 3. The number of rotatable bonds is 7. The molecule has 7 nitrogen and oxygen atoms in total. The number of benzene rings is 2. The zero-order chi connectivity index (χ0) is 25.2. The second kappa shape index (κ2) is 9.97. The standard InChI is InChI=1S/C25H25F3N2O5/c26-25(27,28)21(22(31)30-15-10-9-14(11-15)23(32)33)12-29-24(34)35-13-20-18-7-3-1-5-16(18)17-6-2-4-8-19(17)20/h1-8,14-15,20-21H,9-13H2,(H,29,34)(H,30,31)(H,32,33). The molecule has 2 aromatic carbocycles. The van der Waals surface area contributed by atoms with Crippen LogP contribution in [-0.4, -0.2) is 48.4 Å². The van der Waals surface area contributed by atoms with Gasteiger partial charge in [0, 0.05) is 18.5 Å². The summed E-state index contributed by atoms with van der Waals surface area (Å²) in [7, 11) is 0. The number of halogens is 3. The molecule has 1 saturated carbocycles. The van der Waals surface area contributed by atoms with E-state index in [1.54, 1.807) is 0 Å². The van der Waals surface area contributed by atoms with Gasteiger partial charge >= 0.3 is 18.2 Å². The van der Waals surface area contributed by atoms with E-state index in [-0.39, 0.29) is 31.8 Å². The summed E-state index contributed by atoms with van der Waals surface area (Å²) in [4.78, 5) is 35.6. The van der Waals surface area contributed by atoms with Gasteiger partial charge in [0.25, 0.3) is 0 Å². The van der Waals surface area contributed by atoms with E-state index < -0.39 is 48.6 Å². The Balaban J connectivity index is 1.33. The maximum Gasteiger partial charge on any atom is 0.407 e. The van der Waals surface area contributed by atoms with Gasteiger partial charge in [0.2, 0.25) is 5.91 Å². The molecule has 0 aromatic heterocycles. The van der Waals surface area contributed by atoms with Gasteiger partial charge in [0.15, 0.2) is 5.92 Å². The monoisotopic (exact) mass is 490 g/mol. The van der Waals surface area contributed by atoms with Crippen LogP contribution in [0.15, 0.2) is 48.5 Å². The second-order valence-electron chi connectivity index (χ2n) is 8.85. The van der Waals surface area contributed by atoms with Crippen LogP contribution < -0.4 is 10.6 Å². The van der Waals surface area contributed by atoms with Crippen LogP contribution >= 0.6 is 0 Å². The van der Waals surface area contributed by atoms with Gasteiger partial charge in [-0.2, -0.15) is 13.2 Å². The Morgan fingerprint density at radius 3 is 2.14 bits per heavy atom. The molecule has 0 heterocycles. The average Bonchev–Trinajstić information content (AvgIpc) is 3.40. The maximum absolute atomic E-state index is 13.5. The minimum absolute atomic E-state index is 0.0681. The quantitative estimate of drug-likeness (QED) is 0.543. The minimum atomic E-state index is -4.90. The number of fused-ring (bicyclic) bond motifs is 3. The summed E-state index contributed by atoms with van der Waals surface area (Å²) in [5.41, 5.74) is 3.96. The summed E-state index contributed by atoms with van der Waals surface area (Å²) < 4.78 is 45.8. The number of hydrogen-bond acceptors (Lipinski definition) is 4. The maximum atomic E-state index is 13.5. The molecule has 0 aliphatic heterocycles. The van der Waals surface area contributed by atoms with Crippen LogP contribution in [0.25, 0.3) is 11.1 Å². The lowest BCUT2D eigenvalue weighted by atomic mass is 9.98. The summed E-state index contributed by atoms with van der Waals surface area (Å²) in [6.45, 7) is -1.05. The number of carbonyl (C=O) groups is 3. The smallest absolute Gasteiger partial charge is 0.407 e. The Kier molecular flexibility index (Phi) is 7.00. The van der Waals surface area contributed by atoms with Crippen molar-refractivity contribution in [2.45, 2.75) is 37.4 Å². The first-order valence-corrected chi connectivity index (χ1v) is 11.3. The highest BCUT2D eigenvalue weighted by molar-refractivity contribution is 5.81. The average molecular weight is 490 g/mol. The molecule has 2 aliphatic carbocycles. The van der Waals surface area contributed by atoms with Gasteiger partial charge in [0.1, 0.15) is 6.61 Å². The Labute approximate surface area is 199 Å². The van der Waals surface area contributed by atoms with E-state index in [9.17, 15) is 27.6 Å². The molecule has 3 atom stereocenters. The summed E-state index contributed by atoms with van der Waals surface area (Å²) in [6.07, 6.45) is -5.31. The first-order valence-electron chi connectivity index (χ1n) is 11.3. The normalized spacial score (nSPS) is 20.0. The first-order chi connectivity index (χ1) is 16.6. The lowest BCUT2D eigenvalue weighted by molar-refractivity contribution is -0.181. The van der Waals surface area contributed by atoms with Crippen molar-refractivity contribution in [3.63, 3.8) is 0 Å². The van der Waals surface area contributed by atoms with Crippen molar-refractivity contribution in [1.29, 1.82) is 0 Å². The van der Waals surface area contributed by atoms with Crippen molar-refractivity contribution >= 4 is 18.0 Å². The van der Waals surface area contributed by atoms with Crippen molar-refractivity contribution in [2.75, 3.05) is 13.2 Å². The zero-order valence-corrected chi connectivity index (χ0v) is 18.7. The molecule has 2 amide bonds. The van der Waals surface area contributed by atoms with Gasteiger partial charge in [-0.15, -0.1) is 0 Å². The van der Waals surface area contributed by atoms with Gasteiger partial charge in [-0.1, -0.05) is 48.5 Å². The highest BCUT2D eigenvalue weighted by Gasteiger charge is 2.46. The van der Waals surface area contributed by atoms with Crippen LogP contribution in [0.4, 0.5) is 18.0 Å². The van der Waals surface area contributed by atoms with Crippen molar-refractivity contribution in [2.24, 2.45) is 11.8 Å². The van der Waals surface area contributed by atoms with Crippen LogP contribution in [0, 0.1) is 11.8 Å². The van der Waals surface area contributed by atoms with E-state index in [4.69, 9.17) is 9.84 Å². The lowest BCUT2D eigenvalue weighted by Crippen LogP contribution is -2.48. The SMILES string of the molecule is O=C(NCC(C(=O)NC1CCC(C(=O)O)C1)C(F)(F)F)OCC1c2ccccc2-c2ccccc21. The van der Waals surface area contributed by atoms with E-state index in [1.807, 2.05) is 48.5 Å². The number of amides is 2. The Morgan fingerprint density at radius 1 is 1.00 bits per heavy atom. The molecule has 2 aliphatic rings. The molecule has 0 saturated heterocycles.